The Balaban J connectivity index is 3.90. The predicted octanol–water partition coefficient (Wildman–Crippen LogP) is 4.60. The van der Waals surface area contributed by atoms with Gasteiger partial charge in [-0.25, -0.2) is 0 Å². The van der Waals surface area contributed by atoms with Gasteiger partial charge in [-0.05, 0) is 0 Å². The zero-order valence-electron chi connectivity index (χ0n) is 12.6. The first-order valence-corrected chi connectivity index (χ1v) is 16.4. The molecule has 0 aliphatic heterocycles. The van der Waals surface area contributed by atoms with E-state index < -0.39 is 28.0 Å². The van der Waals surface area contributed by atoms with Gasteiger partial charge < -0.3 is 0 Å². The van der Waals surface area contributed by atoms with Crippen molar-refractivity contribution in [3.05, 3.63) is 10.2 Å². The van der Waals surface area contributed by atoms with E-state index in [2.05, 4.69) is 48.6 Å². The second-order valence-electron chi connectivity index (χ2n) is 5.90. The summed E-state index contributed by atoms with van der Waals surface area (Å²) in [5.74, 6) is 0. The van der Waals surface area contributed by atoms with Crippen LogP contribution in [-0.2, 0) is 0 Å². The Hall–Kier alpha value is 0.716. The molecule has 3 heteroatoms. The average molecular weight is 361 g/mol. The Bertz CT molecular complexity index is 191. The van der Waals surface area contributed by atoms with E-state index in [4.69, 9.17) is 0 Å². The minimum atomic E-state index is -1.13. The SMILES string of the molecule is CCC[CH2][Sn](/[CH]=C\CN[Si](C)(C)C)[CH2]CCC. The first-order valence-electron chi connectivity index (χ1n) is 7.26. The molecule has 0 amide bonds. The van der Waals surface area contributed by atoms with Crippen LogP contribution in [0.1, 0.15) is 39.5 Å². The van der Waals surface area contributed by atoms with Crippen LogP contribution >= 0.6 is 0 Å². The van der Waals surface area contributed by atoms with Crippen molar-refractivity contribution in [2.45, 2.75) is 68.0 Å². The summed E-state index contributed by atoms with van der Waals surface area (Å²) < 4.78 is 5.80. The minimum absolute atomic E-state index is 1.06. The van der Waals surface area contributed by atoms with Gasteiger partial charge in [0.25, 0.3) is 0 Å². The summed E-state index contributed by atoms with van der Waals surface area (Å²) in [6, 6.07) is 0. The van der Waals surface area contributed by atoms with E-state index in [0.717, 1.165) is 6.54 Å². The first kappa shape index (κ1) is 17.7. The van der Waals surface area contributed by atoms with E-state index >= 15 is 0 Å². The molecule has 0 aromatic heterocycles. The molecule has 17 heavy (non-hydrogen) atoms. The normalized spacial score (nSPS) is 12.8. The zero-order chi connectivity index (χ0) is 13.1. The molecule has 0 aromatic rings. The molecule has 0 unspecified atom stereocenters. The van der Waals surface area contributed by atoms with Crippen LogP contribution in [0.5, 0.6) is 0 Å². The van der Waals surface area contributed by atoms with Crippen LogP contribution in [0.15, 0.2) is 10.2 Å². The summed E-state index contributed by atoms with van der Waals surface area (Å²) in [5.41, 5.74) is 0. The number of hydrogen-bond acceptors (Lipinski definition) is 1. The maximum absolute atomic E-state index is 3.67. The fourth-order valence-electron chi connectivity index (χ4n) is 1.69. The molecular weight excluding hydrogens is 329 g/mol. The van der Waals surface area contributed by atoms with Gasteiger partial charge >= 0.3 is 118 Å². The number of nitrogens with one attached hydrogen (secondary N) is 1. The monoisotopic (exact) mass is 362 g/mol. The Kier molecular flexibility index (Phi) is 11.1. The summed E-state index contributed by atoms with van der Waals surface area (Å²) in [6.45, 7) is 12.9. The van der Waals surface area contributed by atoms with Gasteiger partial charge in [-0.3, -0.25) is 0 Å². The van der Waals surface area contributed by atoms with Gasteiger partial charge in [0.05, 0.1) is 0 Å². The first-order chi connectivity index (χ1) is 7.99. The molecule has 1 radical (unpaired) electrons. The fourth-order valence-corrected chi connectivity index (χ4v) is 9.98. The predicted molar refractivity (Wildman–Crippen MR) is 85.7 cm³/mol. The van der Waals surface area contributed by atoms with Gasteiger partial charge in [0.1, 0.15) is 0 Å². The number of hydrogen-bond donors (Lipinski definition) is 1. The topological polar surface area (TPSA) is 12.0 Å². The van der Waals surface area contributed by atoms with Gasteiger partial charge in [-0.1, -0.05) is 0 Å². The summed E-state index contributed by atoms with van der Waals surface area (Å²) in [4.78, 5) is 3.67. The van der Waals surface area contributed by atoms with Crippen molar-refractivity contribution in [2.24, 2.45) is 0 Å². The molecule has 0 atom stereocenters. The van der Waals surface area contributed by atoms with Crippen molar-refractivity contribution >= 4 is 28.0 Å². The van der Waals surface area contributed by atoms with Gasteiger partial charge in [-0.2, -0.15) is 0 Å². The van der Waals surface area contributed by atoms with E-state index in [1.54, 1.807) is 8.87 Å². The quantitative estimate of drug-likeness (QED) is 0.561. The molecule has 1 nitrogen and oxygen atoms in total. The van der Waals surface area contributed by atoms with Crippen molar-refractivity contribution in [2.75, 3.05) is 6.54 Å². The summed E-state index contributed by atoms with van der Waals surface area (Å²) in [5, 5.41) is 0. The number of unbranched alkanes of at least 4 members (excludes halogenated alkanes) is 2. The fraction of sp³-hybridized carbons (Fsp3) is 0.857. The molecule has 1 N–H and O–H groups in total. The third-order valence-corrected chi connectivity index (χ3v) is 11.8. The van der Waals surface area contributed by atoms with Crippen LogP contribution < -0.4 is 4.98 Å². The van der Waals surface area contributed by atoms with Crippen LogP contribution in [0.2, 0.25) is 28.5 Å². The number of rotatable bonds is 10. The Labute approximate surface area is 117 Å². The summed E-state index contributed by atoms with van der Waals surface area (Å²) in [7, 11) is -1.06. The van der Waals surface area contributed by atoms with Gasteiger partial charge in [0.2, 0.25) is 0 Å². The molecule has 0 spiro atoms. The Morgan fingerprint density at radius 1 is 1.00 bits per heavy atom. The van der Waals surface area contributed by atoms with E-state index in [-0.39, 0.29) is 0 Å². The second kappa shape index (κ2) is 10.6. The van der Waals surface area contributed by atoms with Crippen molar-refractivity contribution in [1.29, 1.82) is 0 Å². The molecule has 0 aliphatic rings. The van der Waals surface area contributed by atoms with Crippen LogP contribution in [0.4, 0.5) is 0 Å². The van der Waals surface area contributed by atoms with Gasteiger partial charge in [-0.15, -0.1) is 0 Å². The average Bonchev–Trinajstić information content (AvgIpc) is 2.25. The summed E-state index contributed by atoms with van der Waals surface area (Å²) >= 11 is -1.13. The van der Waals surface area contributed by atoms with Crippen molar-refractivity contribution in [3.8, 4) is 0 Å². The molecule has 0 saturated heterocycles. The van der Waals surface area contributed by atoms with E-state index in [9.17, 15) is 0 Å². The summed E-state index contributed by atoms with van der Waals surface area (Å²) in [6.07, 6.45) is 8.11. The van der Waals surface area contributed by atoms with Crippen LogP contribution in [-0.4, -0.2) is 34.5 Å². The molecule has 0 saturated carbocycles. The molecule has 0 aromatic carbocycles. The van der Waals surface area contributed by atoms with Crippen molar-refractivity contribution in [1.82, 2.24) is 4.98 Å². The van der Waals surface area contributed by atoms with E-state index in [1.165, 1.54) is 25.7 Å². The van der Waals surface area contributed by atoms with E-state index in [1.807, 2.05) is 0 Å². The van der Waals surface area contributed by atoms with E-state index in [0.29, 0.717) is 0 Å². The van der Waals surface area contributed by atoms with Crippen LogP contribution in [0, 0.1) is 0 Å². The third kappa shape index (κ3) is 13.0. The molecular formula is C14H32NSiSn. The van der Waals surface area contributed by atoms with Crippen LogP contribution in [0.3, 0.4) is 0 Å². The zero-order valence-corrected chi connectivity index (χ0v) is 16.5. The molecule has 0 fully saturated rings. The Morgan fingerprint density at radius 3 is 1.94 bits per heavy atom. The molecule has 0 heterocycles. The van der Waals surface area contributed by atoms with Crippen molar-refractivity contribution < 1.29 is 0 Å². The molecule has 0 rings (SSSR count). The van der Waals surface area contributed by atoms with Gasteiger partial charge in [0, 0.05) is 0 Å². The standard InChI is InChI=1S/C6H14NSi.2C4H9.Sn/c1-5-6-7-8(2,3)4;2*1-3-4-2;/h1,5,7H,6H2,2-4H3;2*1,3-4H2,2H3;. The third-order valence-electron chi connectivity index (χ3n) is 2.81. The molecule has 101 valence electrons. The van der Waals surface area contributed by atoms with Crippen molar-refractivity contribution in [3.63, 3.8) is 0 Å². The maximum atomic E-state index is 3.67. The van der Waals surface area contributed by atoms with Gasteiger partial charge in [0.15, 0.2) is 0 Å². The molecule has 0 aliphatic carbocycles. The molecule has 0 bridgehead atoms. The second-order valence-corrected chi connectivity index (χ2v) is 18.3. The van der Waals surface area contributed by atoms with Crippen LogP contribution in [0.25, 0.3) is 0 Å². The Morgan fingerprint density at radius 2 is 1.53 bits per heavy atom.